The highest BCUT2D eigenvalue weighted by molar-refractivity contribution is 5.53. The summed E-state index contributed by atoms with van der Waals surface area (Å²) in [6, 6.07) is 6.75. The second kappa shape index (κ2) is 5.53. The Labute approximate surface area is 131 Å². The summed E-state index contributed by atoms with van der Waals surface area (Å²) in [5.74, 6) is -0.432. The summed E-state index contributed by atoms with van der Waals surface area (Å²) in [7, 11) is 1.42. The average molecular weight is 320 g/mol. The van der Waals surface area contributed by atoms with Gasteiger partial charge in [0.1, 0.15) is 29.5 Å². The molecule has 0 aromatic heterocycles. The summed E-state index contributed by atoms with van der Waals surface area (Å²) >= 11 is 0. The molecule has 3 atom stereocenters. The molecule has 3 unspecified atom stereocenters. The number of phenolic OH excluding ortho intramolecular Hbond substituents is 3. The number of benzene rings is 2. The molecule has 122 valence electrons. The number of rotatable bonds is 2. The molecule has 0 bridgehead atoms. The fourth-order valence-corrected chi connectivity index (χ4v) is 2.63. The molecule has 7 nitrogen and oxygen atoms in total. The minimum absolute atomic E-state index is 0.0672. The molecule has 5 N–H and O–H groups in total. The molecule has 0 saturated carbocycles. The predicted octanol–water partition coefficient (Wildman–Crippen LogP) is 1.34. The van der Waals surface area contributed by atoms with Gasteiger partial charge in [-0.25, -0.2) is 0 Å². The number of aromatic hydroxyl groups is 3. The Morgan fingerprint density at radius 2 is 1.70 bits per heavy atom. The van der Waals surface area contributed by atoms with E-state index in [0.29, 0.717) is 11.3 Å². The molecular formula is C16H16O7. The van der Waals surface area contributed by atoms with Crippen molar-refractivity contribution >= 4 is 0 Å². The third-order valence-corrected chi connectivity index (χ3v) is 3.84. The van der Waals surface area contributed by atoms with E-state index in [9.17, 15) is 25.5 Å². The van der Waals surface area contributed by atoms with Crippen LogP contribution in [-0.2, 0) is 0 Å². The normalized spacial score (nSPS) is 23.0. The number of aliphatic hydroxyl groups is 2. The van der Waals surface area contributed by atoms with E-state index in [4.69, 9.17) is 9.47 Å². The van der Waals surface area contributed by atoms with Gasteiger partial charge in [-0.3, -0.25) is 0 Å². The Bertz CT molecular complexity index is 743. The lowest BCUT2D eigenvalue weighted by Crippen LogP contribution is -2.34. The van der Waals surface area contributed by atoms with E-state index in [2.05, 4.69) is 0 Å². The molecule has 0 aliphatic carbocycles. The molecule has 7 heteroatoms. The summed E-state index contributed by atoms with van der Waals surface area (Å²) in [4.78, 5) is 0. The van der Waals surface area contributed by atoms with Crippen LogP contribution in [0.3, 0.4) is 0 Å². The molecule has 23 heavy (non-hydrogen) atoms. The highest BCUT2D eigenvalue weighted by Gasteiger charge is 2.39. The predicted molar refractivity (Wildman–Crippen MR) is 78.8 cm³/mol. The quantitative estimate of drug-likeness (QED) is 0.530. The van der Waals surface area contributed by atoms with Gasteiger partial charge in [0, 0.05) is 12.1 Å². The molecule has 0 saturated heterocycles. The molecule has 0 fully saturated rings. The van der Waals surface area contributed by atoms with Gasteiger partial charge in [-0.15, -0.1) is 0 Å². The first kappa shape index (κ1) is 15.3. The lowest BCUT2D eigenvalue weighted by atomic mass is 9.91. The van der Waals surface area contributed by atoms with Crippen molar-refractivity contribution in [1.29, 1.82) is 0 Å². The monoisotopic (exact) mass is 320 g/mol. The van der Waals surface area contributed by atoms with Crippen molar-refractivity contribution in [1.82, 2.24) is 0 Å². The van der Waals surface area contributed by atoms with Gasteiger partial charge < -0.3 is 35.0 Å². The number of methoxy groups -OCH3 is 1. The van der Waals surface area contributed by atoms with Gasteiger partial charge in [0.2, 0.25) is 0 Å². The first-order valence-electron chi connectivity index (χ1n) is 6.88. The maximum Gasteiger partial charge on any atom is 0.157 e. The van der Waals surface area contributed by atoms with Crippen molar-refractivity contribution in [2.24, 2.45) is 0 Å². The number of aliphatic hydroxyl groups excluding tert-OH is 2. The molecule has 2 aromatic rings. The molecule has 2 aromatic carbocycles. The molecule has 0 spiro atoms. The maximum absolute atomic E-state index is 10.3. The zero-order valence-electron chi connectivity index (χ0n) is 12.2. The minimum Gasteiger partial charge on any atom is -0.507 e. The van der Waals surface area contributed by atoms with E-state index in [-0.39, 0.29) is 28.6 Å². The Balaban J connectivity index is 2.06. The maximum atomic E-state index is 10.3. The smallest absolute Gasteiger partial charge is 0.157 e. The van der Waals surface area contributed by atoms with Crippen molar-refractivity contribution < 1.29 is 35.0 Å². The molecule has 1 aliphatic heterocycles. The fraction of sp³-hybridized carbons (Fsp3) is 0.250. The Morgan fingerprint density at radius 3 is 2.35 bits per heavy atom. The van der Waals surface area contributed by atoms with Crippen LogP contribution in [-0.4, -0.2) is 38.7 Å². The lowest BCUT2D eigenvalue weighted by molar-refractivity contribution is -0.0711. The minimum atomic E-state index is -1.38. The van der Waals surface area contributed by atoms with Crippen LogP contribution in [0.4, 0.5) is 0 Å². The first-order valence-corrected chi connectivity index (χ1v) is 6.88. The highest BCUT2D eigenvalue weighted by Crippen LogP contribution is 2.47. The van der Waals surface area contributed by atoms with Crippen molar-refractivity contribution in [2.75, 3.05) is 7.11 Å². The molecule has 1 heterocycles. The Kier molecular flexibility index (Phi) is 3.67. The summed E-state index contributed by atoms with van der Waals surface area (Å²) in [5.41, 5.74) is 0.428. The number of hydrogen-bond donors (Lipinski definition) is 5. The van der Waals surface area contributed by atoms with Crippen LogP contribution in [0.15, 0.2) is 30.3 Å². The van der Waals surface area contributed by atoms with Crippen molar-refractivity contribution in [3.63, 3.8) is 0 Å². The Morgan fingerprint density at radius 1 is 0.957 bits per heavy atom. The average Bonchev–Trinajstić information content (AvgIpc) is 2.52. The van der Waals surface area contributed by atoms with Crippen molar-refractivity contribution in [2.45, 2.75) is 18.3 Å². The van der Waals surface area contributed by atoms with E-state index in [1.165, 1.54) is 37.4 Å². The third-order valence-electron chi connectivity index (χ3n) is 3.84. The largest absolute Gasteiger partial charge is 0.507 e. The lowest BCUT2D eigenvalue weighted by Gasteiger charge is -2.35. The number of fused-ring (bicyclic) bond motifs is 1. The van der Waals surface area contributed by atoms with Gasteiger partial charge in [-0.05, 0) is 17.7 Å². The van der Waals surface area contributed by atoms with Gasteiger partial charge >= 0.3 is 0 Å². The summed E-state index contributed by atoms with van der Waals surface area (Å²) in [6.07, 6.45) is -3.74. The summed E-state index contributed by atoms with van der Waals surface area (Å²) in [6.45, 7) is 0. The zero-order valence-corrected chi connectivity index (χ0v) is 12.2. The van der Waals surface area contributed by atoms with Crippen LogP contribution in [0.1, 0.15) is 23.3 Å². The number of phenols is 3. The molecule has 0 radical (unpaired) electrons. The van der Waals surface area contributed by atoms with Gasteiger partial charge in [0.05, 0.1) is 12.7 Å². The first-order chi connectivity index (χ1) is 10.9. The van der Waals surface area contributed by atoms with Crippen LogP contribution in [0.2, 0.25) is 0 Å². The topological polar surface area (TPSA) is 120 Å². The summed E-state index contributed by atoms with van der Waals surface area (Å²) < 4.78 is 10.7. The van der Waals surface area contributed by atoms with Gasteiger partial charge in [0.25, 0.3) is 0 Å². The number of hydrogen-bond acceptors (Lipinski definition) is 7. The van der Waals surface area contributed by atoms with Gasteiger partial charge in [-0.1, -0.05) is 6.07 Å². The molecular weight excluding hydrogens is 304 g/mol. The van der Waals surface area contributed by atoms with Crippen LogP contribution >= 0.6 is 0 Å². The highest BCUT2D eigenvalue weighted by atomic mass is 16.5. The van der Waals surface area contributed by atoms with Gasteiger partial charge in [-0.2, -0.15) is 0 Å². The van der Waals surface area contributed by atoms with Gasteiger partial charge in [0.15, 0.2) is 17.6 Å². The molecule has 1 aliphatic rings. The molecule has 0 amide bonds. The van der Waals surface area contributed by atoms with Crippen molar-refractivity contribution in [3.8, 4) is 28.7 Å². The Hall–Kier alpha value is -2.64. The van der Waals surface area contributed by atoms with Crippen LogP contribution in [0.25, 0.3) is 0 Å². The number of ether oxygens (including phenoxy) is 2. The van der Waals surface area contributed by atoms with E-state index in [1.807, 2.05) is 0 Å². The van der Waals surface area contributed by atoms with E-state index < -0.39 is 18.3 Å². The van der Waals surface area contributed by atoms with Crippen LogP contribution < -0.4 is 9.47 Å². The third kappa shape index (κ3) is 2.49. The fourth-order valence-electron chi connectivity index (χ4n) is 2.63. The second-order valence-corrected chi connectivity index (χ2v) is 5.28. The van der Waals surface area contributed by atoms with Crippen molar-refractivity contribution in [3.05, 3.63) is 41.5 Å². The van der Waals surface area contributed by atoms with Crippen LogP contribution in [0.5, 0.6) is 28.7 Å². The van der Waals surface area contributed by atoms with E-state index >= 15 is 0 Å². The molecule has 3 rings (SSSR count). The van der Waals surface area contributed by atoms with Crippen LogP contribution in [0, 0.1) is 0 Å². The standard InChI is InChI=1S/C16H16O7/c1-22-8-5-11(19)13-12(6-8)23-16(15(21)14(13)20)7-2-3-9(17)10(18)4-7/h2-6,14-21H,1H3. The summed E-state index contributed by atoms with van der Waals surface area (Å²) in [5, 5.41) is 49.5. The zero-order chi connectivity index (χ0) is 16.7. The van der Waals surface area contributed by atoms with E-state index in [0.717, 1.165) is 0 Å². The SMILES string of the molecule is COc1cc(O)c2c(c1)OC(c1ccc(O)c(O)c1)C(O)C2O. The van der Waals surface area contributed by atoms with E-state index in [1.54, 1.807) is 0 Å². The second-order valence-electron chi connectivity index (χ2n) is 5.28.